The smallest absolute Gasteiger partial charge is 0.363 e. The number of aromatic nitrogens is 1. The van der Waals surface area contributed by atoms with Gasteiger partial charge >= 0.3 is 6.18 Å². The molecule has 0 aliphatic carbocycles. The molecule has 0 spiro atoms. The van der Waals surface area contributed by atoms with Gasteiger partial charge in [-0.05, 0) is 35.8 Å². The first-order chi connectivity index (χ1) is 11.7. The number of aliphatic hydroxyl groups is 1. The molecule has 1 aliphatic rings. The Morgan fingerprint density at radius 3 is 2.64 bits per heavy atom. The Bertz CT molecular complexity index is 783. The molecule has 3 heterocycles. The highest BCUT2D eigenvalue weighted by Gasteiger charge is 2.66. The van der Waals surface area contributed by atoms with E-state index >= 15 is 0 Å². The lowest BCUT2D eigenvalue weighted by molar-refractivity contribution is -0.285. The van der Waals surface area contributed by atoms with Crippen molar-refractivity contribution in [2.75, 3.05) is 0 Å². The lowest BCUT2D eigenvalue weighted by Gasteiger charge is -2.45. The Labute approximate surface area is 149 Å². The Kier molecular flexibility index (Phi) is 4.52. The van der Waals surface area contributed by atoms with E-state index in [2.05, 4.69) is 10.3 Å². The van der Waals surface area contributed by atoms with E-state index in [1.807, 2.05) is 5.32 Å². The number of pyridine rings is 1. The van der Waals surface area contributed by atoms with Crippen LogP contribution in [0.4, 0.5) is 13.2 Å². The zero-order chi connectivity index (χ0) is 18.2. The summed E-state index contributed by atoms with van der Waals surface area (Å²) >= 11 is 5.82. The van der Waals surface area contributed by atoms with Crippen molar-refractivity contribution in [3.8, 4) is 0 Å². The summed E-state index contributed by atoms with van der Waals surface area (Å²) in [5.41, 5.74) is -3.34. The van der Waals surface area contributed by atoms with Crippen molar-refractivity contribution < 1.29 is 23.1 Å². The average Bonchev–Trinajstić information content (AvgIpc) is 3.08. The Morgan fingerprint density at radius 1 is 1.32 bits per heavy atom. The minimum atomic E-state index is -5.14. The van der Waals surface area contributed by atoms with Gasteiger partial charge in [0.15, 0.2) is 10.9 Å². The Morgan fingerprint density at radius 2 is 2.08 bits per heavy atom. The largest absolute Gasteiger partial charge is 0.437 e. The average molecular weight is 387 g/mol. The molecule has 0 radical (unpaired) electrons. The number of nitrogens with one attached hydrogen (secondary N) is 2. The van der Waals surface area contributed by atoms with Gasteiger partial charge in [-0.25, -0.2) is 0 Å². The summed E-state index contributed by atoms with van der Waals surface area (Å²) in [4.78, 5) is 16.9. The van der Waals surface area contributed by atoms with Gasteiger partial charge in [0.05, 0.1) is 16.6 Å². The number of thiocarbonyl (C=S) groups is 1. The third-order valence-electron chi connectivity index (χ3n) is 3.86. The lowest BCUT2D eigenvalue weighted by Crippen LogP contribution is -2.72. The summed E-state index contributed by atoms with van der Waals surface area (Å²) in [6.07, 6.45) is -3.74. The zero-order valence-corrected chi connectivity index (χ0v) is 14.1. The van der Waals surface area contributed by atoms with Gasteiger partial charge in [-0.3, -0.25) is 9.78 Å². The van der Waals surface area contributed by atoms with Crippen LogP contribution >= 0.6 is 23.6 Å². The van der Waals surface area contributed by atoms with Gasteiger partial charge in [0, 0.05) is 6.20 Å². The first-order valence-electron chi connectivity index (χ1n) is 7.10. The van der Waals surface area contributed by atoms with Gasteiger partial charge in [0.1, 0.15) is 5.92 Å². The van der Waals surface area contributed by atoms with Gasteiger partial charge in [-0.15, -0.1) is 11.3 Å². The number of carbonyl (C=O) groups is 1. The molecule has 3 unspecified atom stereocenters. The van der Waals surface area contributed by atoms with Crippen LogP contribution in [0.1, 0.15) is 21.4 Å². The molecule has 3 rings (SSSR count). The third-order valence-corrected chi connectivity index (χ3v) is 4.96. The normalized spacial score (nSPS) is 26.6. The van der Waals surface area contributed by atoms with E-state index in [-0.39, 0.29) is 10.6 Å². The number of Topliss-reactive ketones (excluding diaryl/α,β-unsaturated/α-hetero) is 1. The number of hydrogen-bond donors (Lipinski definition) is 3. The molecule has 0 amide bonds. The van der Waals surface area contributed by atoms with Crippen molar-refractivity contribution in [3.63, 3.8) is 0 Å². The van der Waals surface area contributed by atoms with Crippen molar-refractivity contribution in [2.45, 2.75) is 17.9 Å². The molecule has 10 heteroatoms. The van der Waals surface area contributed by atoms with E-state index in [0.717, 1.165) is 11.3 Å². The number of nitrogens with zero attached hydrogens (tertiary/aromatic N) is 1. The molecule has 0 aromatic carbocycles. The highest BCUT2D eigenvalue weighted by atomic mass is 32.1. The molecule has 2 aromatic heterocycles. The lowest BCUT2D eigenvalue weighted by atomic mass is 9.80. The number of carbonyl (C=O) groups excluding carboxylic acids is 1. The standard InChI is InChI=1S/C15H12F3N3O2S2/c16-15(17,18)14(23)10(12(22)9-5-3-7-25-9)11(20-13(24)21-14)8-4-1-2-6-19-8/h1-7,10-11,23H,(H2,20,21,24). The number of ketones is 1. The maximum Gasteiger partial charge on any atom is 0.437 e. The minimum Gasteiger partial charge on any atom is -0.363 e. The summed E-state index contributed by atoms with van der Waals surface area (Å²) < 4.78 is 41.0. The second-order valence-corrected chi connectivity index (χ2v) is 6.77. The van der Waals surface area contributed by atoms with Crippen LogP contribution in [0.3, 0.4) is 0 Å². The quantitative estimate of drug-likeness (QED) is 0.555. The van der Waals surface area contributed by atoms with Crippen LogP contribution in [0, 0.1) is 5.92 Å². The van der Waals surface area contributed by atoms with Crippen LogP contribution in [0.2, 0.25) is 0 Å². The van der Waals surface area contributed by atoms with Crippen LogP contribution in [-0.4, -0.2) is 32.9 Å². The zero-order valence-electron chi connectivity index (χ0n) is 12.4. The van der Waals surface area contributed by atoms with Crippen LogP contribution in [0.5, 0.6) is 0 Å². The van der Waals surface area contributed by atoms with Gasteiger partial charge in [0.25, 0.3) is 0 Å². The molecule has 3 N–H and O–H groups in total. The van der Waals surface area contributed by atoms with Crippen molar-refractivity contribution in [2.24, 2.45) is 5.92 Å². The van der Waals surface area contributed by atoms with Crippen molar-refractivity contribution in [1.82, 2.24) is 15.6 Å². The fraction of sp³-hybridized carbons (Fsp3) is 0.267. The molecule has 0 saturated carbocycles. The number of halogens is 3. The van der Waals surface area contributed by atoms with Gasteiger partial charge in [0.2, 0.25) is 5.72 Å². The topological polar surface area (TPSA) is 74.2 Å². The van der Waals surface area contributed by atoms with E-state index in [0.29, 0.717) is 0 Å². The molecule has 5 nitrogen and oxygen atoms in total. The maximum atomic E-state index is 13.7. The molecule has 1 saturated heterocycles. The molecular formula is C15H12F3N3O2S2. The van der Waals surface area contributed by atoms with Gasteiger partial charge < -0.3 is 15.7 Å². The first kappa shape index (κ1) is 17.8. The van der Waals surface area contributed by atoms with Gasteiger partial charge in [-0.1, -0.05) is 12.1 Å². The number of rotatable bonds is 3. The van der Waals surface area contributed by atoms with E-state index in [9.17, 15) is 23.1 Å². The van der Waals surface area contributed by atoms with Crippen LogP contribution < -0.4 is 10.6 Å². The van der Waals surface area contributed by atoms with Crippen LogP contribution in [0.15, 0.2) is 41.9 Å². The fourth-order valence-corrected chi connectivity index (χ4v) is 3.70. The maximum absolute atomic E-state index is 13.7. The number of hydrogen-bond acceptors (Lipinski definition) is 5. The second kappa shape index (κ2) is 6.36. The molecule has 25 heavy (non-hydrogen) atoms. The minimum absolute atomic E-state index is 0.102. The second-order valence-electron chi connectivity index (χ2n) is 5.41. The summed E-state index contributed by atoms with van der Waals surface area (Å²) in [5.74, 6) is -2.76. The predicted molar refractivity (Wildman–Crippen MR) is 89.0 cm³/mol. The summed E-state index contributed by atoms with van der Waals surface area (Å²) in [6.45, 7) is 0. The Balaban J connectivity index is 2.15. The molecule has 1 fully saturated rings. The van der Waals surface area contributed by atoms with E-state index in [1.165, 1.54) is 18.3 Å². The molecule has 132 valence electrons. The van der Waals surface area contributed by atoms with Crippen LogP contribution in [0.25, 0.3) is 0 Å². The molecule has 0 bridgehead atoms. The highest BCUT2D eigenvalue weighted by Crippen LogP contribution is 2.43. The van der Waals surface area contributed by atoms with E-state index < -0.39 is 34.8 Å². The monoisotopic (exact) mass is 387 g/mol. The van der Waals surface area contributed by atoms with Crippen LogP contribution in [-0.2, 0) is 0 Å². The van der Waals surface area contributed by atoms with Crippen molar-refractivity contribution >= 4 is 34.5 Å². The predicted octanol–water partition coefficient (Wildman–Crippen LogP) is 2.41. The van der Waals surface area contributed by atoms with Gasteiger partial charge in [-0.2, -0.15) is 13.2 Å². The van der Waals surface area contributed by atoms with Crippen molar-refractivity contribution in [3.05, 3.63) is 52.5 Å². The number of alkyl halides is 3. The molecular weight excluding hydrogens is 375 g/mol. The van der Waals surface area contributed by atoms with Crippen molar-refractivity contribution in [1.29, 1.82) is 0 Å². The summed E-state index contributed by atoms with van der Waals surface area (Å²) in [6, 6.07) is 6.36. The Hall–Kier alpha value is -2.04. The third kappa shape index (κ3) is 3.12. The first-order valence-corrected chi connectivity index (χ1v) is 8.39. The SMILES string of the molecule is O=C(c1cccs1)C1C(c2ccccn2)NC(=S)NC1(O)C(F)(F)F. The molecule has 1 aliphatic heterocycles. The molecule has 3 atom stereocenters. The number of thiophene rings is 1. The highest BCUT2D eigenvalue weighted by molar-refractivity contribution is 7.80. The summed E-state index contributed by atoms with van der Waals surface area (Å²) in [5, 5.41) is 16.1. The fourth-order valence-electron chi connectivity index (χ4n) is 2.72. The molecule has 2 aromatic rings. The summed E-state index contributed by atoms with van der Waals surface area (Å²) in [7, 11) is 0. The van der Waals surface area contributed by atoms with E-state index in [1.54, 1.807) is 23.6 Å². The van der Waals surface area contributed by atoms with E-state index in [4.69, 9.17) is 12.2 Å².